The fourth-order valence-corrected chi connectivity index (χ4v) is 4.27. The molecule has 0 fully saturated rings. The van der Waals surface area contributed by atoms with E-state index in [-0.39, 0.29) is 16.0 Å². The van der Waals surface area contributed by atoms with Crippen molar-refractivity contribution in [1.29, 1.82) is 0 Å². The lowest BCUT2D eigenvalue weighted by Crippen LogP contribution is -2.11. The summed E-state index contributed by atoms with van der Waals surface area (Å²) in [6, 6.07) is 11.1. The van der Waals surface area contributed by atoms with E-state index in [1.165, 1.54) is 24.3 Å². The fraction of sp³-hybridized carbons (Fsp3) is 0.235. The molecule has 1 atom stereocenters. The lowest BCUT2D eigenvalue weighted by Gasteiger charge is -2.12. The smallest absolute Gasteiger partial charge is 0.238 e. The lowest BCUT2D eigenvalue weighted by molar-refractivity contribution is 0.598. The van der Waals surface area contributed by atoms with Gasteiger partial charge in [0.05, 0.1) is 15.9 Å². The van der Waals surface area contributed by atoms with Gasteiger partial charge in [0.1, 0.15) is 5.82 Å². The van der Waals surface area contributed by atoms with E-state index >= 15 is 0 Å². The van der Waals surface area contributed by atoms with Gasteiger partial charge in [0, 0.05) is 11.8 Å². The Hall–Kier alpha value is -1.90. The van der Waals surface area contributed by atoms with Crippen molar-refractivity contribution >= 4 is 32.8 Å². The number of halogens is 1. The molecule has 3 aromatic rings. The van der Waals surface area contributed by atoms with Gasteiger partial charge in [-0.25, -0.2) is 22.9 Å². The Morgan fingerprint density at radius 3 is 2.52 bits per heavy atom. The summed E-state index contributed by atoms with van der Waals surface area (Å²) < 4.78 is 38.2. The number of nitrogens with two attached hydrogens (primary N) is 1. The van der Waals surface area contributed by atoms with Crippen LogP contribution < -0.4 is 5.14 Å². The van der Waals surface area contributed by atoms with E-state index in [1.807, 2.05) is 18.4 Å². The van der Waals surface area contributed by atoms with Crippen LogP contribution in [0.3, 0.4) is 0 Å². The molecule has 3 rings (SSSR count). The number of fused-ring (bicyclic) bond motifs is 1. The molecule has 0 radical (unpaired) electrons. The molecule has 1 heterocycles. The second-order valence-corrected chi connectivity index (χ2v) is 8.52. The van der Waals surface area contributed by atoms with Gasteiger partial charge < -0.3 is 4.57 Å². The minimum atomic E-state index is -3.77. The van der Waals surface area contributed by atoms with Crippen molar-refractivity contribution in [3.05, 3.63) is 53.8 Å². The van der Waals surface area contributed by atoms with Gasteiger partial charge in [-0.2, -0.15) is 0 Å². The van der Waals surface area contributed by atoms with Crippen LogP contribution in [-0.2, 0) is 16.6 Å². The van der Waals surface area contributed by atoms with Crippen LogP contribution in [0.1, 0.15) is 24.7 Å². The standard InChI is InChI=1S/C17H18FN3O2S2/c1-3-21-16-9-8-14(25(19,22)23)10-15(16)20-17(21)24-11(2)12-4-6-13(18)7-5-12/h4-11H,3H2,1-2H3,(H2,19,22,23)/t11-/m0/s1. The number of hydrogen-bond donors (Lipinski definition) is 1. The molecule has 2 aromatic carbocycles. The van der Waals surface area contributed by atoms with Gasteiger partial charge in [0.15, 0.2) is 5.16 Å². The van der Waals surface area contributed by atoms with Gasteiger partial charge in [0.2, 0.25) is 10.0 Å². The molecule has 132 valence electrons. The van der Waals surface area contributed by atoms with Crippen LogP contribution in [0, 0.1) is 5.82 Å². The first-order valence-corrected chi connectivity index (χ1v) is 10.2. The summed E-state index contributed by atoms with van der Waals surface area (Å²) >= 11 is 1.54. The third kappa shape index (κ3) is 3.70. The molecule has 0 spiro atoms. The summed E-state index contributed by atoms with van der Waals surface area (Å²) in [5.74, 6) is -0.266. The number of thioether (sulfide) groups is 1. The molecular formula is C17H18FN3O2S2. The number of rotatable bonds is 5. The number of sulfonamides is 1. The van der Waals surface area contributed by atoms with Crippen LogP contribution in [0.2, 0.25) is 0 Å². The van der Waals surface area contributed by atoms with Crippen molar-refractivity contribution in [3.63, 3.8) is 0 Å². The van der Waals surface area contributed by atoms with Crippen LogP contribution in [0.4, 0.5) is 4.39 Å². The maximum absolute atomic E-state index is 13.1. The summed E-state index contributed by atoms with van der Waals surface area (Å²) in [5, 5.41) is 6.04. The topological polar surface area (TPSA) is 78.0 Å². The SMILES string of the molecule is CCn1c(S[C@@H](C)c2ccc(F)cc2)nc2cc(S(N)(=O)=O)ccc21. The minimum Gasteiger partial charge on any atom is -0.319 e. The normalized spacial score (nSPS) is 13.3. The summed E-state index contributed by atoms with van der Waals surface area (Å²) in [5.41, 5.74) is 2.43. The van der Waals surface area contributed by atoms with Gasteiger partial charge in [-0.05, 0) is 49.7 Å². The zero-order chi connectivity index (χ0) is 18.2. The predicted octanol–water partition coefficient (Wildman–Crippen LogP) is 3.70. The Morgan fingerprint density at radius 2 is 1.92 bits per heavy atom. The molecule has 0 saturated carbocycles. The van der Waals surface area contributed by atoms with Crippen molar-refractivity contribution in [2.75, 3.05) is 0 Å². The highest BCUT2D eigenvalue weighted by atomic mass is 32.2. The molecule has 25 heavy (non-hydrogen) atoms. The van der Waals surface area contributed by atoms with Gasteiger partial charge in [-0.3, -0.25) is 0 Å². The van der Waals surface area contributed by atoms with Crippen LogP contribution >= 0.6 is 11.8 Å². The average molecular weight is 379 g/mol. The number of primary sulfonamides is 1. The van der Waals surface area contributed by atoms with Gasteiger partial charge in [0.25, 0.3) is 0 Å². The van der Waals surface area contributed by atoms with E-state index in [1.54, 1.807) is 30.0 Å². The largest absolute Gasteiger partial charge is 0.319 e. The van der Waals surface area contributed by atoms with Crippen LogP contribution in [0.15, 0.2) is 52.5 Å². The van der Waals surface area contributed by atoms with Crippen LogP contribution in [0.5, 0.6) is 0 Å². The summed E-state index contributed by atoms with van der Waals surface area (Å²) in [6.45, 7) is 4.72. The number of imidazole rings is 1. The maximum atomic E-state index is 13.1. The van der Waals surface area contributed by atoms with Gasteiger partial charge in [-0.1, -0.05) is 23.9 Å². The summed E-state index contributed by atoms with van der Waals surface area (Å²) in [4.78, 5) is 4.62. The molecule has 0 aliphatic heterocycles. The first-order chi connectivity index (χ1) is 11.8. The van der Waals surface area contributed by atoms with Crippen molar-refractivity contribution in [2.45, 2.75) is 35.7 Å². The highest BCUT2D eigenvalue weighted by Crippen LogP contribution is 2.36. The monoisotopic (exact) mass is 379 g/mol. The van der Waals surface area contributed by atoms with E-state index in [2.05, 4.69) is 4.98 Å². The van der Waals surface area contributed by atoms with Crippen molar-refractivity contribution in [2.24, 2.45) is 5.14 Å². The quantitative estimate of drug-likeness (QED) is 0.686. The molecular weight excluding hydrogens is 361 g/mol. The molecule has 0 saturated heterocycles. The Balaban J connectivity index is 1.99. The number of nitrogens with zero attached hydrogens (tertiary/aromatic N) is 2. The molecule has 0 amide bonds. The van der Waals surface area contributed by atoms with E-state index in [0.29, 0.717) is 12.1 Å². The average Bonchev–Trinajstić information content (AvgIpc) is 2.90. The minimum absolute atomic E-state index is 0.0453. The fourth-order valence-electron chi connectivity index (χ4n) is 2.62. The van der Waals surface area contributed by atoms with Crippen LogP contribution in [0.25, 0.3) is 11.0 Å². The highest BCUT2D eigenvalue weighted by molar-refractivity contribution is 7.99. The van der Waals surface area contributed by atoms with Crippen molar-refractivity contribution in [3.8, 4) is 0 Å². The van der Waals surface area contributed by atoms with Crippen molar-refractivity contribution < 1.29 is 12.8 Å². The van der Waals surface area contributed by atoms with E-state index < -0.39 is 10.0 Å². The molecule has 0 aliphatic rings. The van der Waals surface area contributed by atoms with Crippen LogP contribution in [-0.4, -0.2) is 18.0 Å². The second kappa shape index (κ2) is 6.78. The molecule has 8 heteroatoms. The molecule has 2 N–H and O–H groups in total. The Morgan fingerprint density at radius 1 is 1.24 bits per heavy atom. The Kier molecular flexibility index (Phi) is 4.86. The first kappa shape index (κ1) is 17.9. The predicted molar refractivity (Wildman–Crippen MR) is 97.5 cm³/mol. The summed E-state index contributed by atoms with van der Waals surface area (Å²) in [7, 11) is -3.77. The second-order valence-electron chi connectivity index (χ2n) is 5.65. The number of aryl methyl sites for hydroxylation is 1. The third-order valence-electron chi connectivity index (χ3n) is 3.95. The zero-order valence-electron chi connectivity index (χ0n) is 13.8. The third-order valence-corrected chi connectivity index (χ3v) is 6.01. The van der Waals surface area contributed by atoms with E-state index in [4.69, 9.17) is 5.14 Å². The highest BCUT2D eigenvalue weighted by Gasteiger charge is 2.17. The Labute approximate surface area is 150 Å². The Bertz CT molecular complexity index is 1010. The van der Waals surface area contributed by atoms with Gasteiger partial charge in [-0.15, -0.1) is 0 Å². The molecule has 1 aromatic heterocycles. The zero-order valence-corrected chi connectivity index (χ0v) is 15.4. The molecule has 0 aliphatic carbocycles. The van der Waals surface area contributed by atoms with Gasteiger partial charge >= 0.3 is 0 Å². The van der Waals surface area contributed by atoms with E-state index in [0.717, 1.165) is 16.2 Å². The number of benzene rings is 2. The summed E-state index contributed by atoms with van der Waals surface area (Å²) in [6.07, 6.45) is 0. The molecule has 0 bridgehead atoms. The number of hydrogen-bond acceptors (Lipinski definition) is 4. The maximum Gasteiger partial charge on any atom is 0.238 e. The van der Waals surface area contributed by atoms with E-state index in [9.17, 15) is 12.8 Å². The number of aromatic nitrogens is 2. The van der Waals surface area contributed by atoms with Crippen molar-refractivity contribution in [1.82, 2.24) is 9.55 Å². The molecule has 5 nitrogen and oxygen atoms in total. The molecule has 0 unspecified atom stereocenters. The lowest BCUT2D eigenvalue weighted by atomic mass is 10.2. The first-order valence-electron chi connectivity index (χ1n) is 7.75.